The van der Waals surface area contributed by atoms with E-state index in [2.05, 4.69) is 16.0 Å². The molecule has 0 bridgehead atoms. The summed E-state index contributed by atoms with van der Waals surface area (Å²) < 4.78 is 0. The first-order chi connectivity index (χ1) is 11.3. The molecular weight excluding hydrogens is 367 g/mol. The number of amides is 3. The van der Waals surface area contributed by atoms with Crippen molar-refractivity contribution < 1.29 is 14.4 Å². The van der Waals surface area contributed by atoms with Crippen LogP contribution in [0.25, 0.3) is 0 Å². The van der Waals surface area contributed by atoms with Crippen LogP contribution in [0.2, 0.25) is 5.02 Å². The van der Waals surface area contributed by atoms with Gasteiger partial charge >= 0.3 is 0 Å². The average molecular weight is 391 g/mol. The molecule has 0 aromatic heterocycles. The van der Waals surface area contributed by atoms with Gasteiger partial charge in [-0.05, 0) is 31.0 Å². The molecule has 0 aliphatic rings. The van der Waals surface area contributed by atoms with Gasteiger partial charge in [0.2, 0.25) is 11.8 Å². The first-order valence-electron chi connectivity index (χ1n) is 7.67. The second-order valence-corrected chi connectivity index (χ2v) is 6.02. The Hall–Kier alpha value is -1.83. The third kappa shape index (κ3) is 7.29. The lowest BCUT2D eigenvalue weighted by molar-refractivity contribution is -0.125. The van der Waals surface area contributed by atoms with Crippen LogP contribution in [0.5, 0.6) is 0 Å². The molecule has 0 radical (unpaired) electrons. The summed E-state index contributed by atoms with van der Waals surface area (Å²) >= 11 is 5.92. The highest BCUT2D eigenvalue weighted by atomic mass is 35.5. The predicted molar refractivity (Wildman–Crippen MR) is 101 cm³/mol. The van der Waals surface area contributed by atoms with Crippen molar-refractivity contribution in [2.45, 2.75) is 26.8 Å². The van der Waals surface area contributed by atoms with Crippen LogP contribution in [0.1, 0.15) is 31.1 Å². The zero-order valence-corrected chi connectivity index (χ0v) is 16.0. The van der Waals surface area contributed by atoms with Gasteiger partial charge in [-0.3, -0.25) is 14.4 Å². The fourth-order valence-electron chi connectivity index (χ4n) is 1.86. The number of hydrogen-bond acceptors (Lipinski definition) is 4. The van der Waals surface area contributed by atoms with Crippen LogP contribution in [0, 0.1) is 5.92 Å². The van der Waals surface area contributed by atoms with E-state index in [1.165, 1.54) is 12.1 Å². The maximum atomic E-state index is 12.0. The van der Waals surface area contributed by atoms with E-state index in [1.54, 1.807) is 13.0 Å². The van der Waals surface area contributed by atoms with Crippen molar-refractivity contribution in [3.63, 3.8) is 0 Å². The van der Waals surface area contributed by atoms with Crippen LogP contribution >= 0.6 is 24.0 Å². The molecule has 140 valence electrons. The van der Waals surface area contributed by atoms with Gasteiger partial charge in [0.1, 0.15) is 0 Å². The number of rotatable bonds is 7. The molecule has 0 saturated heterocycles. The maximum Gasteiger partial charge on any atom is 0.253 e. The third-order valence-corrected chi connectivity index (χ3v) is 3.52. The largest absolute Gasteiger partial charge is 0.352 e. The molecule has 0 heterocycles. The van der Waals surface area contributed by atoms with Gasteiger partial charge in [-0.1, -0.05) is 25.4 Å². The van der Waals surface area contributed by atoms with E-state index < -0.39 is 17.9 Å². The second kappa shape index (κ2) is 10.9. The van der Waals surface area contributed by atoms with E-state index in [4.69, 9.17) is 17.3 Å². The third-order valence-electron chi connectivity index (χ3n) is 3.28. The molecule has 0 aliphatic heterocycles. The van der Waals surface area contributed by atoms with Crippen LogP contribution in [-0.2, 0) is 9.59 Å². The number of carbonyl (C=O) groups is 3. The molecule has 0 saturated carbocycles. The second-order valence-electron chi connectivity index (χ2n) is 5.59. The molecule has 3 amide bonds. The molecule has 25 heavy (non-hydrogen) atoms. The van der Waals surface area contributed by atoms with Gasteiger partial charge in [0.15, 0.2) is 0 Å². The number of nitrogens with one attached hydrogen (secondary N) is 3. The number of benzene rings is 1. The number of anilines is 1. The minimum Gasteiger partial charge on any atom is -0.352 e. The molecule has 0 unspecified atom stereocenters. The highest BCUT2D eigenvalue weighted by Crippen LogP contribution is 2.21. The van der Waals surface area contributed by atoms with Gasteiger partial charge in [0.25, 0.3) is 5.91 Å². The Balaban J connectivity index is 0.00000576. The summed E-state index contributed by atoms with van der Waals surface area (Å²) in [7, 11) is 0. The Labute approximate surface area is 158 Å². The SMILES string of the molecule is CCNC(=O)c1ccc(Cl)cc1NC(=O)CNC(=O)[C@@H](N)C(C)C.Cl. The normalized spacial score (nSPS) is 11.3. The van der Waals surface area contributed by atoms with Crippen molar-refractivity contribution in [2.24, 2.45) is 11.7 Å². The maximum absolute atomic E-state index is 12.0. The standard InChI is InChI=1S/C16H23ClN4O3.ClH/c1-4-19-15(23)11-6-5-10(17)7-12(11)21-13(22)8-20-16(24)14(18)9(2)3;/h5-7,9,14H,4,8,18H2,1-3H3,(H,19,23)(H,20,24)(H,21,22);1H/t14-;/m0./s1. The molecule has 1 rings (SSSR count). The summed E-state index contributed by atoms with van der Waals surface area (Å²) in [5.41, 5.74) is 6.27. The number of hydrogen-bond donors (Lipinski definition) is 4. The summed E-state index contributed by atoms with van der Waals surface area (Å²) in [4.78, 5) is 35.8. The number of nitrogens with two attached hydrogens (primary N) is 1. The highest BCUT2D eigenvalue weighted by Gasteiger charge is 2.18. The summed E-state index contributed by atoms with van der Waals surface area (Å²) in [5.74, 6) is -1.25. The first kappa shape index (κ1) is 23.2. The van der Waals surface area contributed by atoms with E-state index in [0.717, 1.165) is 0 Å². The molecule has 1 aromatic carbocycles. The minimum absolute atomic E-state index is 0. The zero-order chi connectivity index (χ0) is 18.3. The van der Waals surface area contributed by atoms with Gasteiger partial charge in [-0.25, -0.2) is 0 Å². The first-order valence-corrected chi connectivity index (χ1v) is 8.05. The van der Waals surface area contributed by atoms with E-state index in [1.807, 2.05) is 13.8 Å². The fourth-order valence-corrected chi connectivity index (χ4v) is 2.03. The monoisotopic (exact) mass is 390 g/mol. The lowest BCUT2D eigenvalue weighted by Crippen LogP contribution is -2.46. The van der Waals surface area contributed by atoms with Crippen LogP contribution < -0.4 is 21.7 Å². The quantitative estimate of drug-likeness (QED) is 0.565. The average Bonchev–Trinajstić information content (AvgIpc) is 2.52. The summed E-state index contributed by atoms with van der Waals surface area (Å²) in [5, 5.41) is 8.07. The molecular formula is C16H24Cl2N4O3. The molecule has 1 aromatic rings. The summed E-state index contributed by atoms with van der Waals surface area (Å²) in [6, 6.07) is 3.88. The Kier molecular flexibility index (Phi) is 10.1. The van der Waals surface area contributed by atoms with Crippen molar-refractivity contribution in [1.29, 1.82) is 0 Å². The predicted octanol–water partition coefficient (Wildman–Crippen LogP) is 1.55. The highest BCUT2D eigenvalue weighted by molar-refractivity contribution is 6.31. The Morgan fingerprint density at radius 1 is 1.20 bits per heavy atom. The zero-order valence-electron chi connectivity index (χ0n) is 14.4. The Morgan fingerprint density at radius 2 is 1.84 bits per heavy atom. The smallest absolute Gasteiger partial charge is 0.253 e. The molecule has 0 aliphatic carbocycles. The topological polar surface area (TPSA) is 113 Å². The van der Waals surface area contributed by atoms with Crippen molar-refractivity contribution in [2.75, 3.05) is 18.4 Å². The molecule has 5 N–H and O–H groups in total. The molecule has 0 fully saturated rings. The minimum atomic E-state index is -0.685. The fraction of sp³-hybridized carbons (Fsp3) is 0.438. The molecule has 7 nitrogen and oxygen atoms in total. The van der Waals surface area contributed by atoms with Crippen LogP contribution in [-0.4, -0.2) is 36.9 Å². The van der Waals surface area contributed by atoms with Crippen molar-refractivity contribution in [3.8, 4) is 0 Å². The van der Waals surface area contributed by atoms with Gasteiger partial charge in [0.05, 0.1) is 23.8 Å². The van der Waals surface area contributed by atoms with Crippen molar-refractivity contribution in [3.05, 3.63) is 28.8 Å². The molecule has 9 heteroatoms. The van der Waals surface area contributed by atoms with Gasteiger partial charge in [-0.2, -0.15) is 0 Å². The number of halogens is 2. The molecule has 0 spiro atoms. The van der Waals surface area contributed by atoms with Gasteiger partial charge in [-0.15, -0.1) is 12.4 Å². The lowest BCUT2D eigenvalue weighted by atomic mass is 10.1. The lowest BCUT2D eigenvalue weighted by Gasteiger charge is -2.16. The van der Waals surface area contributed by atoms with Crippen molar-refractivity contribution in [1.82, 2.24) is 10.6 Å². The Bertz CT molecular complexity index is 623. The van der Waals surface area contributed by atoms with Crippen LogP contribution in [0.15, 0.2) is 18.2 Å². The summed E-state index contributed by atoms with van der Waals surface area (Å²) in [6.07, 6.45) is 0. The van der Waals surface area contributed by atoms with Crippen molar-refractivity contribution >= 4 is 47.4 Å². The van der Waals surface area contributed by atoms with Gasteiger partial charge < -0.3 is 21.7 Å². The van der Waals surface area contributed by atoms with E-state index in [-0.39, 0.29) is 36.5 Å². The Morgan fingerprint density at radius 3 is 2.40 bits per heavy atom. The van der Waals surface area contributed by atoms with Crippen LogP contribution in [0.3, 0.4) is 0 Å². The van der Waals surface area contributed by atoms with E-state index in [9.17, 15) is 14.4 Å². The molecule has 1 atom stereocenters. The number of carbonyl (C=O) groups excluding carboxylic acids is 3. The van der Waals surface area contributed by atoms with E-state index >= 15 is 0 Å². The summed E-state index contributed by atoms with van der Waals surface area (Å²) in [6.45, 7) is 5.63. The van der Waals surface area contributed by atoms with Crippen LogP contribution in [0.4, 0.5) is 5.69 Å². The van der Waals surface area contributed by atoms with E-state index in [0.29, 0.717) is 17.1 Å². The van der Waals surface area contributed by atoms with Gasteiger partial charge in [0, 0.05) is 11.6 Å².